The van der Waals surface area contributed by atoms with Crippen LogP contribution in [0.4, 0.5) is 5.69 Å². The van der Waals surface area contributed by atoms with Crippen molar-refractivity contribution in [2.75, 3.05) is 18.0 Å². The number of rotatable bonds is 5. The van der Waals surface area contributed by atoms with Gasteiger partial charge >= 0.3 is 0 Å². The number of amides is 1. The summed E-state index contributed by atoms with van der Waals surface area (Å²) in [5, 5.41) is 3.67. The maximum Gasteiger partial charge on any atom is 0.220 e. The van der Waals surface area contributed by atoms with Crippen LogP contribution < -0.4 is 11.1 Å². The molecule has 1 aromatic rings. The number of nitrogens with two attached hydrogens (primary N) is 1. The van der Waals surface area contributed by atoms with E-state index >= 15 is 0 Å². The van der Waals surface area contributed by atoms with Gasteiger partial charge in [0.2, 0.25) is 5.91 Å². The molecule has 104 valence electrons. The molecule has 0 spiro atoms. The van der Waals surface area contributed by atoms with Gasteiger partial charge in [0, 0.05) is 23.9 Å². The van der Waals surface area contributed by atoms with E-state index in [4.69, 9.17) is 5.73 Å². The summed E-state index contributed by atoms with van der Waals surface area (Å²) in [6.07, 6.45) is 5.21. The van der Waals surface area contributed by atoms with Gasteiger partial charge in [0.15, 0.2) is 0 Å². The number of nitrogens with one attached hydrogen (secondary N) is 1. The maximum absolute atomic E-state index is 11.8. The molecule has 3 N–H and O–H groups in total. The largest absolute Gasteiger partial charge is 0.399 e. The lowest BCUT2D eigenvalue weighted by atomic mass is 10.1. The molecule has 1 unspecified atom stereocenters. The molecule has 1 amide bonds. The average Bonchev–Trinajstić information content (AvgIpc) is 2.45. The van der Waals surface area contributed by atoms with Gasteiger partial charge in [0.25, 0.3) is 0 Å². The molecule has 1 fully saturated rings. The molecule has 0 bridgehead atoms. The molecule has 0 aromatic heterocycles. The molecule has 0 saturated carbocycles. The lowest BCUT2D eigenvalue weighted by molar-refractivity contribution is -0.121. The molecular formula is C15H22N2OS. The van der Waals surface area contributed by atoms with Gasteiger partial charge in [-0.3, -0.25) is 4.79 Å². The van der Waals surface area contributed by atoms with E-state index in [0.717, 1.165) is 24.2 Å². The van der Waals surface area contributed by atoms with Crippen LogP contribution in [0.25, 0.3) is 0 Å². The Kier molecular flexibility index (Phi) is 5.58. The smallest absolute Gasteiger partial charge is 0.220 e. The summed E-state index contributed by atoms with van der Waals surface area (Å²) in [6, 6.07) is 7.73. The first-order chi connectivity index (χ1) is 9.24. The third-order valence-corrected chi connectivity index (χ3v) is 4.82. The summed E-state index contributed by atoms with van der Waals surface area (Å²) in [5.41, 5.74) is 7.56. The molecular weight excluding hydrogens is 256 g/mol. The van der Waals surface area contributed by atoms with Crippen molar-refractivity contribution in [2.45, 2.75) is 37.4 Å². The zero-order chi connectivity index (χ0) is 13.5. The number of anilines is 1. The Balaban J connectivity index is 1.65. The van der Waals surface area contributed by atoms with Crippen molar-refractivity contribution in [1.29, 1.82) is 0 Å². The second kappa shape index (κ2) is 7.43. The van der Waals surface area contributed by atoms with Crippen molar-refractivity contribution in [3.63, 3.8) is 0 Å². The highest BCUT2D eigenvalue weighted by Crippen LogP contribution is 2.24. The molecule has 1 saturated heterocycles. The van der Waals surface area contributed by atoms with Crippen LogP contribution in [0.5, 0.6) is 0 Å². The normalized spacial score (nSPS) is 19.1. The fourth-order valence-electron chi connectivity index (χ4n) is 2.23. The van der Waals surface area contributed by atoms with Crippen LogP contribution in [0.2, 0.25) is 0 Å². The summed E-state index contributed by atoms with van der Waals surface area (Å²) < 4.78 is 0. The van der Waals surface area contributed by atoms with Crippen LogP contribution >= 0.6 is 11.8 Å². The first-order valence-electron chi connectivity index (χ1n) is 6.97. The second-order valence-electron chi connectivity index (χ2n) is 5.03. The first kappa shape index (κ1) is 14.3. The van der Waals surface area contributed by atoms with Crippen molar-refractivity contribution >= 4 is 23.4 Å². The van der Waals surface area contributed by atoms with Crippen molar-refractivity contribution in [3.8, 4) is 0 Å². The Labute approximate surface area is 119 Å². The van der Waals surface area contributed by atoms with Gasteiger partial charge in [-0.05, 0) is 42.7 Å². The van der Waals surface area contributed by atoms with Crippen LogP contribution in [0.1, 0.15) is 31.2 Å². The molecule has 1 aromatic carbocycles. The Hall–Kier alpha value is -1.16. The lowest BCUT2D eigenvalue weighted by Crippen LogP contribution is -2.32. The van der Waals surface area contributed by atoms with E-state index in [-0.39, 0.29) is 5.91 Å². The molecule has 19 heavy (non-hydrogen) atoms. The van der Waals surface area contributed by atoms with Crippen LogP contribution in [-0.2, 0) is 11.2 Å². The van der Waals surface area contributed by atoms with Gasteiger partial charge in [-0.2, -0.15) is 11.8 Å². The van der Waals surface area contributed by atoms with Crippen molar-refractivity contribution in [2.24, 2.45) is 0 Å². The summed E-state index contributed by atoms with van der Waals surface area (Å²) in [4.78, 5) is 11.8. The molecule has 0 radical (unpaired) electrons. The van der Waals surface area contributed by atoms with E-state index in [2.05, 4.69) is 5.32 Å². The number of thioether (sulfide) groups is 1. The van der Waals surface area contributed by atoms with Crippen molar-refractivity contribution < 1.29 is 4.79 Å². The summed E-state index contributed by atoms with van der Waals surface area (Å²) in [7, 11) is 0. The zero-order valence-electron chi connectivity index (χ0n) is 11.2. The molecule has 1 heterocycles. The SMILES string of the molecule is Nc1ccc(CCC(=O)NCC2CCCCS2)cc1. The summed E-state index contributed by atoms with van der Waals surface area (Å²) in [6.45, 7) is 0.825. The fraction of sp³-hybridized carbons (Fsp3) is 0.533. The first-order valence-corrected chi connectivity index (χ1v) is 8.01. The van der Waals surface area contributed by atoms with E-state index in [0.29, 0.717) is 11.7 Å². The van der Waals surface area contributed by atoms with Gasteiger partial charge < -0.3 is 11.1 Å². The van der Waals surface area contributed by atoms with Gasteiger partial charge in [-0.25, -0.2) is 0 Å². The van der Waals surface area contributed by atoms with E-state index in [1.807, 2.05) is 36.0 Å². The third-order valence-electron chi connectivity index (χ3n) is 3.42. The second-order valence-corrected chi connectivity index (χ2v) is 6.44. The fourth-order valence-corrected chi connectivity index (χ4v) is 3.47. The molecule has 0 aliphatic carbocycles. The highest BCUT2D eigenvalue weighted by Gasteiger charge is 2.14. The van der Waals surface area contributed by atoms with E-state index < -0.39 is 0 Å². The Morgan fingerprint density at radius 2 is 2.11 bits per heavy atom. The molecule has 3 nitrogen and oxygen atoms in total. The Morgan fingerprint density at radius 3 is 2.79 bits per heavy atom. The van der Waals surface area contributed by atoms with E-state index in [1.54, 1.807) is 0 Å². The monoisotopic (exact) mass is 278 g/mol. The van der Waals surface area contributed by atoms with Crippen LogP contribution in [0.3, 0.4) is 0 Å². The highest BCUT2D eigenvalue weighted by atomic mass is 32.2. The standard InChI is InChI=1S/C15H22N2OS/c16-13-7-4-12(5-8-13)6-9-15(18)17-11-14-3-1-2-10-19-14/h4-5,7-8,14H,1-3,6,9-11,16H2,(H,17,18). The van der Waals surface area contributed by atoms with Gasteiger partial charge in [0.05, 0.1) is 0 Å². The predicted molar refractivity (Wildman–Crippen MR) is 82.3 cm³/mol. The van der Waals surface area contributed by atoms with Crippen molar-refractivity contribution in [1.82, 2.24) is 5.32 Å². The van der Waals surface area contributed by atoms with E-state index in [1.165, 1.54) is 25.0 Å². The van der Waals surface area contributed by atoms with Gasteiger partial charge in [-0.1, -0.05) is 18.6 Å². The topological polar surface area (TPSA) is 55.1 Å². The number of hydrogen-bond acceptors (Lipinski definition) is 3. The molecule has 1 atom stereocenters. The van der Waals surface area contributed by atoms with Gasteiger partial charge in [0.1, 0.15) is 0 Å². The molecule has 4 heteroatoms. The summed E-state index contributed by atoms with van der Waals surface area (Å²) >= 11 is 1.99. The minimum absolute atomic E-state index is 0.156. The predicted octanol–water partition coefficient (Wildman–Crippen LogP) is 2.60. The molecule has 1 aliphatic rings. The Morgan fingerprint density at radius 1 is 1.32 bits per heavy atom. The maximum atomic E-state index is 11.8. The highest BCUT2D eigenvalue weighted by molar-refractivity contribution is 7.99. The molecule has 1 aliphatic heterocycles. The van der Waals surface area contributed by atoms with Crippen LogP contribution in [0, 0.1) is 0 Å². The van der Waals surface area contributed by atoms with Crippen molar-refractivity contribution in [3.05, 3.63) is 29.8 Å². The lowest BCUT2D eigenvalue weighted by Gasteiger charge is -2.21. The third kappa shape index (κ3) is 5.15. The minimum Gasteiger partial charge on any atom is -0.399 e. The number of benzene rings is 1. The Bertz CT molecular complexity index is 399. The van der Waals surface area contributed by atoms with E-state index in [9.17, 15) is 4.79 Å². The quantitative estimate of drug-likeness (QED) is 0.814. The van der Waals surface area contributed by atoms with Gasteiger partial charge in [-0.15, -0.1) is 0 Å². The number of carbonyl (C=O) groups excluding carboxylic acids is 1. The summed E-state index contributed by atoms with van der Waals surface area (Å²) in [5.74, 6) is 1.40. The number of carbonyl (C=O) groups is 1. The zero-order valence-corrected chi connectivity index (χ0v) is 12.0. The molecule has 2 rings (SSSR count). The number of hydrogen-bond donors (Lipinski definition) is 2. The average molecular weight is 278 g/mol. The number of nitrogen functional groups attached to an aromatic ring is 1. The van der Waals surface area contributed by atoms with Crippen LogP contribution in [-0.4, -0.2) is 23.5 Å². The number of aryl methyl sites for hydroxylation is 1. The minimum atomic E-state index is 0.156. The van der Waals surface area contributed by atoms with Crippen LogP contribution in [0.15, 0.2) is 24.3 Å².